The number of hydrogen-bond acceptors (Lipinski definition) is 3. The molecule has 0 N–H and O–H groups in total. The molecule has 0 atom stereocenters. The molecule has 0 aliphatic heterocycles. The Kier molecular flexibility index (Phi) is 8.02. The Morgan fingerprint density at radius 2 is 1.40 bits per heavy atom. The molecule has 0 fully saturated rings. The van der Waals surface area contributed by atoms with Crippen LogP contribution in [0.2, 0.25) is 0 Å². The molecule has 3 heteroatoms. The van der Waals surface area contributed by atoms with Crippen LogP contribution in [0.5, 0.6) is 0 Å². The molecule has 0 saturated heterocycles. The van der Waals surface area contributed by atoms with E-state index in [0.29, 0.717) is 32.3 Å². The van der Waals surface area contributed by atoms with Gasteiger partial charge in [0.1, 0.15) is 0 Å². The molecule has 15 heavy (non-hydrogen) atoms. The fourth-order valence-corrected chi connectivity index (χ4v) is 0.946. The largest absolute Gasteiger partial charge is 0.379 e. The Labute approximate surface area is 94.1 Å². The normalized spacial score (nSPS) is 12.4. The van der Waals surface area contributed by atoms with Gasteiger partial charge in [-0.05, 0) is 26.7 Å². The Balaban J connectivity index is 3.06. The van der Waals surface area contributed by atoms with Gasteiger partial charge in [0, 0.05) is 6.61 Å². The quantitative estimate of drug-likeness (QED) is 0.586. The van der Waals surface area contributed by atoms with Gasteiger partial charge in [-0.1, -0.05) is 13.8 Å². The average Bonchev–Trinajstić information content (AvgIpc) is 2.07. The number of hydrogen-bond donors (Lipinski definition) is 0. The van der Waals surface area contributed by atoms with E-state index >= 15 is 0 Å². The van der Waals surface area contributed by atoms with Gasteiger partial charge in [0.2, 0.25) is 0 Å². The molecule has 0 aliphatic rings. The standard InChI is InChI=1S/C12H26O3/c1-11(2)10-14-7-6-13-8-9-15-12(3,4)5/h11H,6-10H2,1-5H3. The number of ether oxygens (including phenoxy) is 3. The van der Waals surface area contributed by atoms with Crippen LogP contribution in [0.25, 0.3) is 0 Å². The Morgan fingerprint density at radius 3 is 1.93 bits per heavy atom. The van der Waals surface area contributed by atoms with Crippen molar-refractivity contribution in [3.05, 3.63) is 0 Å². The Bertz CT molecular complexity index is 138. The van der Waals surface area contributed by atoms with E-state index in [1.54, 1.807) is 0 Å². The average molecular weight is 218 g/mol. The summed E-state index contributed by atoms with van der Waals surface area (Å²) >= 11 is 0. The topological polar surface area (TPSA) is 27.7 Å². The molecule has 0 aromatic heterocycles. The van der Waals surface area contributed by atoms with Gasteiger partial charge >= 0.3 is 0 Å². The van der Waals surface area contributed by atoms with Crippen LogP contribution in [-0.2, 0) is 14.2 Å². The molecule has 0 unspecified atom stereocenters. The first-order valence-corrected chi connectivity index (χ1v) is 5.71. The zero-order valence-corrected chi connectivity index (χ0v) is 10.8. The van der Waals surface area contributed by atoms with Crippen LogP contribution in [0.3, 0.4) is 0 Å². The molecule has 0 radical (unpaired) electrons. The lowest BCUT2D eigenvalue weighted by Crippen LogP contribution is -2.22. The van der Waals surface area contributed by atoms with Crippen LogP contribution in [0.15, 0.2) is 0 Å². The maximum atomic E-state index is 5.51. The second-order valence-corrected chi connectivity index (χ2v) is 5.04. The minimum absolute atomic E-state index is 0.0719. The lowest BCUT2D eigenvalue weighted by atomic mass is 10.2. The van der Waals surface area contributed by atoms with Gasteiger partial charge < -0.3 is 14.2 Å². The first kappa shape index (κ1) is 14.9. The van der Waals surface area contributed by atoms with Crippen molar-refractivity contribution < 1.29 is 14.2 Å². The summed E-state index contributed by atoms with van der Waals surface area (Å²) in [4.78, 5) is 0. The summed E-state index contributed by atoms with van der Waals surface area (Å²) in [5.74, 6) is 0.592. The number of rotatable bonds is 8. The van der Waals surface area contributed by atoms with Gasteiger partial charge in [0.25, 0.3) is 0 Å². The van der Waals surface area contributed by atoms with Crippen LogP contribution >= 0.6 is 0 Å². The SMILES string of the molecule is CC(C)COCCOCCOC(C)(C)C. The molecular weight excluding hydrogens is 192 g/mol. The van der Waals surface area contributed by atoms with Gasteiger partial charge in [-0.2, -0.15) is 0 Å². The fourth-order valence-electron chi connectivity index (χ4n) is 0.946. The van der Waals surface area contributed by atoms with E-state index in [0.717, 1.165) is 6.61 Å². The first-order chi connectivity index (χ1) is 6.92. The molecule has 0 bridgehead atoms. The lowest BCUT2D eigenvalue weighted by Gasteiger charge is -2.19. The fraction of sp³-hybridized carbons (Fsp3) is 1.00. The van der Waals surface area contributed by atoms with Crippen molar-refractivity contribution in [3.63, 3.8) is 0 Å². The second kappa shape index (κ2) is 8.08. The molecule has 0 aromatic rings. The summed E-state index contributed by atoms with van der Waals surface area (Å²) in [5, 5.41) is 0. The van der Waals surface area contributed by atoms with Crippen molar-refractivity contribution in [3.8, 4) is 0 Å². The van der Waals surface area contributed by atoms with Crippen molar-refractivity contribution in [1.82, 2.24) is 0 Å². The van der Waals surface area contributed by atoms with Gasteiger partial charge in [-0.3, -0.25) is 0 Å². The van der Waals surface area contributed by atoms with Crippen LogP contribution in [0.1, 0.15) is 34.6 Å². The van der Waals surface area contributed by atoms with E-state index in [4.69, 9.17) is 14.2 Å². The Morgan fingerprint density at radius 1 is 0.867 bits per heavy atom. The summed E-state index contributed by atoms with van der Waals surface area (Å²) in [6, 6.07) is 0. The van der Waals surface area contributed by atoms with Crippen LogP contribution in [0.4, 0.5) is 0 Å². The van der Waals surface area contributed by atoms with Crippen molar-refractivity contribution >= 4 is 0 Å². The monoisotopic (exact) mass is 218 g/mol. The van der Waals surface area contributed by atoms with Crippen LogP contribution < -0.4 is 0 Å². The van der Waals surface area contributed by atoms with Gasteiger partial charge in [-0.15, -0.1) is 0 Å². The van der Waals surface area contributed by atoms with Crippen molar-refractivity contribution in [1.29, 1.82) is 0 Å². The maximum Gasteiger partial charge on any atom is 0.0707 e. The Hall–Kier alpha value is -0.120. The molecule has 3 nitrogen and oxygen atoms in total. The molecule has 0 saturated carbocycles. The minimum atomic E-state index is -0.0719. The summed E-state index contributed by atoms with van der Waals surface area (Å²) in [6.07, 6.45) is 0. The van der Waals surface area contributed by atoms with Gasteiger partial charge in [0.15, 0.2) is 0 Å². The highest BCUT2D eigenvalue weighted by Crippen LogP contribution is 2.05. The smallest absolute Gasteiger partial charge is 0.0707 e. The maximum absolute atomic E-state index is 5.51. The van der Waals surface area contributed by atoms with E-state index < -0.39 is 0 Å². The van der Waals surface area contributed by atoms with Crippen molar-refractivity contribution in [2.75, 3.05) is 33.0 Å². The molecule has 0 rings (SSSR count). The molecule has 0 heterocycles. The predicted octanol–water partition coefficient (Wildman–Crippen LogP) is 2.49. The van der Waals surface area contributed by atoms with E-state index in [9.17, 15) is 0 Å². The third kappa shape index (κ3) is 13.9. The van der Waals surface area contributed by atoms with E-state index in [1.807, 2.05) is 20.8 Å². The lowest BCUT2D eigenvalue weighted by molar-refractivity contribution is -0.0434. The van der Waals surface area contributed by atoms with Gasteiger partial charge in [-0.25, -0.2) is 0 Å². The molecule has 92 valence electrons. The molecule has 0 spiro atoms. The van der Waals surface area contributed by atoms with Crippen molar-refractivity contribution in [2.24, 2.45) is 5.92 Å². The second-order valence-electron chi connectivity index (χ2n) is 5.04. The van der Waals surface area contributed by atoms with E-state index in [2.05, 4.69) is 13.8 Å². The minimum Gasteiger partial charge on any atom is -0.379 e. The predicted molar refractivity (Wildman–Crippen MR) is 62.2 cm³/mol. The summed E-state index contributed by atoms with van der Waals surface area (Å²) < 4.78 is 16.2. The third-order valence-corrected chi connectivity index (χ3v) is 1.59. The molecule has 0 aliphatic carbocycles. The summed E-state index contributed by atoms with van der Waals surface area (Å²) in [5.41, 5.74) is -0.0719. The van der Waals surface area contributed by atoms with Crippen LogP contribution in [-0.4, -0.2) is 38.6 Å². The zero-order valence-electron chi connectivity index (χ0n) is 10.8. The summed E-state index contributed by atoms with van der Waals surface area (Å²) in [6.45, 7) is 13.8. The molecule has 0 aromatic carbocycles. The highest BCUT2D eigenvalue weighted by Gasteiger charge is 2.08. The zero-order chi connectivity index (χ0) is 11.7. The highest BCUT2D eigenvalue weighted by atomic mass is 16.5. The highest BCUT2D eigenvalue weighted by molar-refractivity contribution is 4.57. The third-order valence-electron chi connectivity index (χ3n) is 1.59. The first-order valence-electron chi connectivity index (χ1n) is 5.71. The molecular formula is C12H26O3. The molecule has 0 amide bonds. The summed E-state index contributed by atoms with van der Waals surface area (Å²) in [7, 11) is 0. The van der Waals surface area contributed by atoms with Crippen LogP contribution in [0, 0.1) is 5.92 Å². The van der Waals surface area contributed by atoms with Gasteiger partial charge in [0.05, 0.1) is 32.0 Å². The van der Waals surface area contributed by atoms with E-state index in [-0.39, 0.29) is 5.60 Å². The van der Waals surface area contributed by atoms with E-state index in [1.165, 1.54) is 0 Å². The van der Waals surface area contributed by atoms with Crippen molar-refractivity contribution in [2.45, 2.75) is 40.2 Å².